The molecular weight excluding hydrogens is 408 g/mol. The van der Waals surface area contributed by atoms with Crippen LogP contribution in [0.25, 0.3) is 0 Å². The molecule has 1 aliphatic heterocycles. The first-order valence-electron chi connectivity index (χ1n) is 11.6. The summed E-state index contributed by atoms with van der Waals surface area (Å²) in [5.41, 5.74) is 2.01. The van der Waals surface area contributed by atoms with Gasteiger partial charge in [-0.15, -0.1) is 0 Å². The second-order valence-corrected chi connectivity index (χ2v) is 9.37. The minimum absolute atomic E-state index is 0.0147. The molecule has 0 spiro atoms. The summed E-state index contributed by atoms with van der Waals surface area (Å²) in [6.07, 6.45) is 8.91. The fourth-order valence-electron chi connectivity index (χ4n) is 5.12. The van der Waals surface area contributed by atoms with Crippen LogP contribution in [-0.4, -0.2) is 58.3 Å². The van der Waals surface area contributed by atoms with E-state index >= 15 is 0 Å². The van der Waals surface area contributed by atoms with Crippen molar-refractivity contribution in [2.24, 2.45) is 12.5 Å². The number of carbonyl (C=O) groups is 2. The highest BCUT2D eigenvalue weighted by atomic mass is 16.5. The van der Waals surface area contributed by atoms with Crippen molar-refractivity contribution in [3.05, 3.63) is 29.4 Å². The molecule has 2 aromatic rings. The molecule has 0 radical (unpaired) electrons. The lowest BCUT2D eigenvalue weighted by Crippen LogP contribution is -2.44. The molecule has 1 saturated carbocycles. The molecule has 3 heterocycles. The fraction of sp³-hybridized carbons (Fsp3) is 0.652. The molecule has 32 heavy (non-hydrogen) atoms. The number of anilines is 1. The van der Waals surface area contributed by atoms with E-state index in [1.165, 1.54) is 19.3 Å². The molecule has 2 fully saturated rings. The third kappa shape index (κ3) is 4.72. The van der Waals surface area contributed by atoms with Crippen molar-refractivity contribution in [1.29, 1.82) is 0 Å². The summed E-state index contributed by atoms with van der Waals surface area (Å²) in [5, 5.41) is 14.2. The summed E-state index contributed by atoms with van der Waals surface area (Å²) >= 11 is 0. The van der Waals surface area contributed by atoms with Crippen LogP contribution in [-0.2, 0) is 23.1 Å². The Morgan fingerprint density at radius 1 is 1.28 bits per heavy atom. The van der Waals surface area contributed by atoms with E-state index in [9.17, 15) is 9.59 Å². The summed E-state index contributed by atoms with van der Waals surface area (Å²) in [6.45, 7) is 3.33. The molecule has 1 saturated heterocycles. The highest BCUT2D eigenvalue weighted by molar-refractivity contribution is 5.92. The topological polar surface area (TPSA) is 105 Å². The van der Waals surface area contributed by atoms with Gasteiger partial charge < -0.3 is 15.2 Å². The van der Waals surface area contributed by atoms with Gasteiger partial charge in [0.2, 0.25) is 11.8 Å². The minimum atomic E-state index is -0.622. The Hall–Kier alpha value is -2.68. The Morgan fingerprint density at radius 3 is 2.75 bits per heavy atom. The summed E-state index contributed by atoms with van der Waals surface area (Å²) in [5.74, 6) is 1.11. The second kappa shape index (κ2) is 9.44. The zero-order valence-electron chi connectivity index (χ0n) is 19.3. The van der Waals surface area contributed by atoms with Gasteiger partial charge in [-0.3, -0.25) is 19.2 Å². The van der Waals surface area contributed by atoms with Crippen molar-refractivity contribution in [2.75, 3.05) is 32.0 Å². The molecule has 1 atom stereocenters. The maximum Gasteiger partial charge on any atom is 0.238 e. The molecule has 2 aliphatic rings. The lowest BCUT2D eigenvalue weighted by molar-refractivity contribution is -0.130. The Bertz CT molecular complexity index is 961. The number of likely N-dealkylation sites (tertiary alicyclic amines) is 1. The monoisotopic (exact) mass is 442 g/mol. The van der Waals surface area contributed by atoms with Crippen LogP contribution in [0, 0.1) is 12.3 Å². The molecule has 1 aliphatic carbocycles. The highest BCUT2D eigenvalue weighted by Gasteiger charge is 2.45. The van der Waals surface area contributed by atoms with Gasteiger partial charge in [0, 0.05) is 39.0 Å². The van der Waals surface area contributed by atoms with Crippen LogP contribution in [0.3, 0.4) is 0 Å². The Kier molecular flexibility index (Phi) is 6.64. The lowest BCUT2D eigenvalue weighted by atomic mass is 9.81. The van der Waals surface area contributed by atoms with Gasteiger partial charge in [-0.05, 0) is 32.7 Å². The first-order valence-corrected chi connectivity index (χ1v) is 11.6. The number of rotatable bonds is 7. The van der Waals surface area contributed by atoms with E-state index in [2.05, 4.69) is 20.9 Å². The van der Waals surface area contributed by atoms with Gasteiger partial charge in [0.1, 0.15) is 5.76 Å². The van der Waals surface area contributed by atoms with Crippen LogP contribution in [0.2, 0.25) is 0 Å². The second-order valence-electron chi connectivity index (χ2n) is 9.37. The number of aromatic nitrogens is 3. The molecule has 4 rings (SSSR count). The number of aryl methyl sites for hydroxylation is 1. The maximum atomic E-state index is 12.9. The van der Waals surface area contributed by atoms with Gasteiger partial charge in [-0.2, -0.15) is 5.10 Å². The van der Waals surface area contributed by atoms with Crippen molar-refractivity contribution in [1.82, 2.24) is 25.2 Å². The molecular formula is C23H34N6O3. The van der Waals surface area contributed by atoms with E-state index in [0.29, 0.717) is 37.5 Å². The fourth-order valence-corrected chi connectivity index (χ4v) is 5.12. The normalized spacial score (nSPS) is 22.2. The molecule has 9 heteroatoms. The van der Waals surface area contributed by atoms with Crippen LogP contribution >= 0.6 is 0 Å². The van der Waals surface area contributed by atoms with Crippen LogP contribution < -0.4 is 10.6 Å². The Balaban J connectivity index is 1.40. The summed E-state index contributed by atoms with van der Waals surface area (Å²) in [6, 6.07) is 2.04. The SMILES string of the molecule is CNC(=O)C1(Cc2cc(C3CCCCC3)no2)CCN(CC(=O)Nc2cnn(C)c2C)C1. The van der Waals surface area contributed by atoms with Crippen LogP contribution in [0.1, 0.15) is 61.6 Å². The van der Waals surface area contributed by atoms with Gasteiger partial charge in [0.15, 0.2) is 0 Å². The molecule has 2 N–H and O–H groups in total. The number of hydrogen-bond acceptors (Lipinski definition) is 6. The van der Waals surface area contributed by atoms with Crippen LogP contribution in [0.5, 0.6) is 0 Å². The predicted molar refractivity (Wildman–Crippen MR) is 120 cm³/mol. The number of carbonyl (C=O) groups excluding carboxylic acids is 2. The number of amides is 2. The highest BCUT2D eigenvalue weighted by Crippen LogP contribution is 2.37. The smallest absolute Gasteiger partial charge is 0.238 e. The third-order valence-corrected chi connectivity index (χ3v) is 7.13. The summed E-state index contributed by atoms with van der Waals surface area (Å²) < 4.78 is 7.40. The Labute approximate surface area is 188 Å². The Morgan fingerprint density at radius 2 is 2.06 bits per heavy atom. The number of nitrogens with zero attached hydrogens (tertiary/aromatic N) is 4. The zero-order valence-corrected chi connectivity index (χ0v) is 19.3. The predicted octanol–water partition coefficient (Wildman–Crippen LogP) is 2.38. The molecule has 2 amide bonds. The third-order valence-electron chi connectivity index (χ3n) is 7.13. The van der Waals surface area contributed by atoms with Crippen LogP contribution in [0.15, 0.2) is 16.8 Å². The van der Waals surface area contributed by atoms with Crippen molar-refractivity contribution in [3.63, 3.8) is 0 Å². The van der Waals surface area contributed by atoms with Crippen molar-refractivity contribution in [2.45, 2.75) is 57.8 Å². The van der Waals surface area contributed by atoms with E-state index < -0.39 is 5.41 Å². The van der Waals surface area contributed by atoms with E-state index in [1.54, 1.807) is 17.9 Å². The molecule has 2 aromatic heterocycles. The van der Waals surface area contributed by atoms with Gasteiger partial charge in [0.25, 0.3) is 0 Å². The quantitative estimate of drug-likeness (QED) is 0.682. The van der Waals surface area contributed by atoms with Gasteiger partial charge >= 0.3 is 0 Å². The van der Waals surface area contributed by atoms with Gasteiger partial charge in [-0.25, -0.2) is 0 Å². The van der Waals surface area contributed by atoms with E-state index in [0.717, 1.165) is 30.0 Å². The standard InChI is InChI=1S/C23H34N6O3/c1-16-20(13-25-28(16)3)26-21(30)14-29-10-9-23(15-29,22(31)24-2)12-18-11-19(27-32-18)17-7-5-4-6-8-17/h11,13,17H,4-10,12,14-15H2,1-3H3,(H,24,31)(H,26,30). The molecule has 1 unspecified atom stereocenters. The minimum Gasteiger partial charge on any atom is -0.361 e. The van der Waals surface area contributed by atoms with Crippen LogP contribution in [0.4, 0.5) is 5.69 Å². The summed E-state index contributed by atoms with van der Waals surface area (Å²) in [4.78, 5) is 27.5. The summed E-state index contributed by atoms with van der Waals surface area (Å²) in [7, 11) is 3.50. The average Bonchev–Trinajstić information content (AvgIpc) is 3.51. The average molecular weight is 443 g/mol. The largest absolute Gasteiger partial charge is 0.361 e. The van der Waals surface area contributed by atoms with Gasteiger partial charge in [0.05, 0.1) is 35.2 Å². The first-order chi connectivity index (χ1) is 15.4. The molecule has 0 bridgehead atoms. The number of hydrogen-bond donors (Lipinski definition) is 2. The van der Waals surface area contributed by atoms with Crippen molar-refractivity contribution in [3.8, 4) is 0 Å². The first kappa shape index (κ1) is 22.5. The lowest BCUT2D eigenvalue weighted by Gasteiger charge is -2.26. The molecule has 9 nitrogen and oxygen atoms in total. The van der Waals surface area contributed by atoms with E-state index in [-0.39, 0.29) is 18.4 Å². The van der Waals surface area contributed by atoms with E-state index in [1.807, 2.05) is 24.9 Å². The molecule has 174 valence electrons. The zero-order chi connectivity index (χ0) is 22.7. The molecule has 0 aromatic carbocycles. The number of nitrogens with one attached hydrogen (secondary N) is 2. The van der Waals surface area contributed by atoms with Gasteiger partial charge in [-0.1, -0.05) is 24.4 Å². The van der Waals surface area contributed by atoms with E-state index in [4.69, 9.17) is 4.52 Å². The van der Waals surface area contributed by atoms with Crippen molar-refractivity contribution < 1.29 is 14.1 Å². The van der Waals surface area contributed by atoms with Crippen molar-refractivity contribution >= 4 is 17.5 Å². The maximum absolute atomic E-state index is 12.9.